The van der Waals surface area contributed by atoms with E-state index >= 15 is 0 Å². The summed E-state index contributed by atoms with van der Waals surface area (Å²) in [5.74, 6) is -2.48. The summed E-state index contributed by atoms with van der Waals surface area (Å²) in [5.41, 5.74) is -3.43. The molecule has 0 spiro atoms. The third-order valence-electron chi connectivity index (χ3n) is 7.78. The zero-order chi connectivity index (χ0) is 28.5. The quantitative estimate of drug-likeness (QED) is 0.269. The van der Waals surface area contributed by atoms with Crippen molar-refractivity contribution < 1.29 is 54.1 Å². The van der Waals surface area contributed by atoms with Gasteiger partial charge in [0.15, 0.2) is 23.5 Å². The maximum Gasteiger partial charge on any atom is 0.197 e. The lowest BCUT2D eigenvalue weighted by molar-refractivity contribution is -0.321. The number of benzene rings is 2. The zero-order valence-corrected chi connectivity index (χ0v) is 21.5. The third-order valence-corrected chi connectivity index (χ3v) is 7.78. The van der Waals surface area contributed by atoms with E-state index in [1.807, 2.05) is 0 Å². The first kappa shape index (κ1) is 27.3. The number of aromatic hydroxyl groups is 2. The number of carbonyl (C=O) groups excluding carboxylic acids is 2. The van der Waals surface area contributed by atoms with Crippen molar-refractivity contribution in [2.75, 3.05) is 14.2 Å². The molecule has 6 N–H and O–H groups in total. The standard InChI is InChI=1S/C27H29NO11/c1-9-18(30)21(33)23(36-3)26(38-9)39-22-16-12(24(34)27(2,35)25(22)37-4)8-11-15(20(16)32)17(28)14-10(19(11)31)6-5-7-13(14)29/h5-9,18,21-23,25-26,28-30,32-33,35H,1-4H3. The number of ether oxygens (including phenoxy) is 4. The van der Waals surface area contributed by atoms with Crippen LogP contribution in [0.5, 0.6) is 11.5 Å². The summed E-state index contributed by atoms with van der Waals surface area (Å²) in [6.07, 6.45) is -9.03. The number of phenolic OH excluding ortho intramolecular Hbond substituents is 2. The van der Waals surface area contributed by atoms with E-state index in [0.717, 1.165) is 0 Å². The molecular weight excluding hydrogens is 514 g/mol. The second-order valence-corrected chi connectivity index (χ2v) is 10.1. The Hall–Kier alpha value is -3.23. The van der Waals surface area contributed by atoms with Crippen LogP contribution in [0, 0.1) is 5.41 Å². The molecule has 1 fully saturated rings. The SMILES string of the molecule is COC1C(OC2c3c(cc4c(c3O)C(=N)c3c(O)cccc3C4=O)C(=O)C(C)(O)C2OC)OC(C)C(O)C1O. The van der Waals surface area contributed by atoms with Gasteiger partial charge in [-0.2, -0.15) is 0 Å². The molecule has 2 aliphatic carbocycles. The van der Waals surface area contributed by atoms with Crippen molar-refractivity contribution in [3.63, 3.8) is 0 Å². The molecule has 0 radical (unpaired) electrons. The highest BCUT2D eigenvalue weighted by Gasteiger charge is 2.55. The number of fused-ring (bicyclic) bond motifs is 3. The Morgan fingerprint density at radius 2 is 1.69 bits per heavy atom. The van der Waals surface area contributed by atoms with Crippen molar-refractivity contribution >= 4 is 17.3 Å². The van der Waals surface area contributed by atoms with Gasteiger partial charge < -0.3 is 44.5 Å². The van der Waals surface area contributed by atoms with Crippen molar-refractivity contribution in [2.24, 2.45) is 0 Å². The second kappa shape index (κ2) is 9.45. The Morgan fingerprint density at radius 3 is 2.33 bits per heavy atom. The Labute approximate surface area is 222 Å². The molecule has 3 aliphatic rings. The molecule has 0 amide bonds. The van der Waals surface area contributed by atoms with Gasteiger partial charge >= 0.3 is 0 Å². The largest absolute Gasteiger partial charge is 0.507 e. The monoisotopic (exact) mass is 543 g/mol. The molecule has 2 aromatic rings. The van der Waals surface area contributed by atoms with Crippen LogP contribution < -0.4 is 0 Å². The summed E-state index contributed by atoms with van der Waals surface area (Å²) in [7, 11) is 2.49. The molecule has 8 atom stereocenters. The van der Waals surface area contributed by atoms with Crippen LogP contribution in [0.3, 0.4) is 0 Å². The number of hydrogen-bond acceptors (Lipinski definition) is 12. The predicted octanol–water partition coefficient (Wildman–Crippen LogP) is 0.560. The maximum absolute atomic E-state index is 13.5. The van der Waals surface area contributed by atoms with E-state index in [1.54, 1.807) is 0 Å². The van der Waals surface area contributed by atoms with Gasteiger partial charge in [-0.25, -0.2) is 0 Å². The van der Waals surface area contributed by atoms with Crippen molar-refractivity contribution in [1.29, 1.82) is 5.41 Å². The van der Waals surface area contributed by atoms with Gasteiger partial charge in [0, 0.05) is 36.5 Å². The number of nitrogens with one attached hydrogen (secondary N) is 1. The summed E-state index contributed by atoms with van der Waals surface area (Å²) in [4.78, 5) is 26.9. The van der Waals surface area contributed by atoms with E-state index in [4.69, 9.17) is 24.4 Å². The second-order valence-electron chi connectivity index (χ2n) is 10.1. The molecule has 2 aromatic carbocycles. The molecule has 1 aliphatic heterocycles. The maximum atomic E-state index is 13.5. The lowest BCUT2D eigenvalue weighted by Crippen LogP contribution is -2.60. The molecule has 39 heavy (non-hydrogen) atoms. The summed E-state index contributed by atoms with van der Waals surface area (Å²) >= 11 is 0. The van der Waals surface area contributed by atoms with Gasteiger partial charge in [-0.05, 0) is 26.0 Å². The molecule has 8 unspecified atom stereocenters. The molecule has 208 valence electrons. The number of hydrogen-bond donors (Lipinski definition) is 6. The Morgan fingerprint density at radius 1 is 1.00 bits per heavy atom. The van der Waals surface area contributed by atoms with Gasteiger partial charge in [-0.15, -0.1) is 0 Å². The average Bonchev–Trinajstić information content (AvgIpc) is 2.88. The summed E-state index contributed by atoms with van der Waals surface area (Å²) < 4.78 is 22.7. The van der Waals surface area contributed by atoms with Gasteiger partial charge in [-0.3, -0.25) is 15.0 Å². The lowest BCUT2D eigenvalue weighted by Gasteiger charge is -2.46. The van der Waals surface area contributed by atoms with Crippen LogP contribution in [0.2, 0.25) is 0 Å². The first-order chi connectivity index (χ1) is 18.4. The Kier molecular flexibility index (Phi) is 6.63. The minimum atomic E-state index is -2.20. The predicted molar refractivity (Wildman–Crippen MR) is 132 cm³/mol. The Bertz CT molecular complexity index is 1390. The number of aliphatic hydroxyl groups excluding tert-OH is 2. The first-order valence-corrected chi connectivity index (χ1v) is 12.2. The number of carbonyl (C=O) groups is 2. The first-order valence-electron chi connectivity index (χ1n) is 12.2. The summed E-state index contributed by atoms with van der Waals surface area (Å²) in [6, 6.07) is 5.35. The third kappa shape index (κ3) is 3.83. The van der Waals surface area contributed by atoms with E-state index in [9.17, 15) is 35.1 Å². The highest BCUT2D eigenvalue weighted by molar-refractivity contribution is 6.31. The molecule has 1 heterocycles. The van der Waals surface area contributed by atoms with Crippen LogP contribution in [0.15, 0.2) is 24.3 Å². The van der Waals surface area contributed by atoms with Crippen molar-refractivity contribution in [2.45, 2.75) is 62.4 Å². The molecule has 12 nitrogen and oxygen atoms in total. The van der Waals surface area contributed by atoms with Gasteiger partial charge in [0.2, 0.25) is 0 Å². The van der Waals surface area contributed by atoms with Gasteiger partial charge in [0.05, 0.1) is 22.9 Å². The number of Topliss-reactive ketones (excluding diaryl/α,β-unsaturated/α-hetero) is 1. The molecule has 0 bridgehead atoms. The molecular formula is C27H29NO11. The fraction of sp³-hybridized carbons (Fsp3) is 0.444. The fourth-order valence-corrected chi connectivity index (χ4v) is 5.70. The number of rotatable bonds is 4. The zero-order valence-electron chi connectivity index (χ0n) is 21.5. The highest BCUT2D eigenvalue weighted by atomic mass is 16.7. The minimum absolute atomic E-state index is 0.0181. The fourth-order valence-electron chi connectivity index (χ4n) is 5.70. The van der Waals surface area contributed by atoms with Crippen LogP contribution in [-0.2, 0) is 18.9 Å². The van der Waals surface area contributed by atoms with Gasteiger partial charge in [0.25, 0.3) is 0 Å². The van der Waals surface area contributed by atoms with Crippen molar-refractivity contribution in [1.82, 2.24) is 0 Å². The number of phenols is 2. The van der Waals surface area contributed by atoms with Crippen LogP contribution in [0.25, 0.3) is 0 Å². The molecule has 12 heteroatoms. The topological polar surface area (TPSA) is 196 Å². The lowest BCUT2D eigenvalue weighted by atomic mass is 9.72. The number of ketones is 2. The molecule has 0 aromatic heterocycles. The van der Waals surface area contributed by atoms with Crippen LogP contribution in [0.1, 0.15) is 62.9 Å². The molecule has 0 saturated carbocycles. The highest BCUT2D eigenvalue weighted by Crippen LogP contribution is 2.49. The van der Waals surface area contributed by atoms with E-state index < -0.39 is 65.8 Å². The van der Waals surface area contributed by atoms with E-state index in [0.29, 0.717) is 0 Å². The van der Waals surface area contributed by atoms with Gasteiger partial charge in [-0.1, -0.05) is 12.1 Å². The summed E-state index contributed by atoms with van der Waals surface area (Å²) in [6.45, 7) is 2.70. The molecule has 5 rings (SSSR count). The average molecular weight is 544 g/mol. The minimum Gasteiger partial charge on any atom is -0.507 e. The Balaban J connectivity index is 1.71. The number of aliphatic hydroxyl groups is 3. The molecule has 1 saturated heterocycles. The normalized spacial score (nSPS) is 33.9. The van der Waals surface area contributed by atoms with Gasteiger partial charge in [0.1, 0.15) is 42.0 Å². The van der Waals surface area contributed by atoms with Crippen molar-refractivity contribution in [3.8, 4) is 11.5 Å². The van der Waals surface area contributed by atoms with Crippen molar-refractivity contribution in [3.05, 3.63) is 57.6 Å². The van der Waals surface area contributed by atoms with Crippen LogP contribution >= 0.6 is 0 Å². The van der Waals surface area contributed by atoms with E-state index in [2.05, 4.69) is 0 Å². The number of methoxy groups -OCH3 is 2. The van der Waals surface area contributed by atoms with E-state index in [1.165, 1.54) is 52.3 Å². The van der Waals surface area contributed by atoms with E-state index in [-0.39, 0.29) is 44.8 Å². The van der Waals surface area contributed by atoms with Crippen LogP contribution in [0.4, 0.5) is 0 Å². The van der Waals surface area contributed by atoms with Crippen LogP contribution in [-0.4, -0.2) is 99.4 Å². The summed E-state index contributed by atoms with van der Waals surface area (Å²) in [5, 5.41) is 62.8. The smallest absolute Gasteiger partial charge is 0.197 e.